The maximum Gasteiger partial charge on any atom is 0.337 e. The minimum absolute atomic E-state index is 0.0272. The fraction of sp³-hybridized carbons (Fsp3) is 0.333. The van der Waals surface area contributed by atoms with E-state index < -0.39 is 5.97 Å². The van der Waals surface area contributed by atoms with Crippen molar-refractivity contribution in [2.24, 2.45) is 5.92 Å². The molecule has 1 aromatic heterocycles. The quantitative estimate of drug-likeness (QED) is 0.749. The van der Waals surface area contributed by atoms with Crippen LogP contribution in [-0.2, 0) is 9.53 Å². The van der Waals surface area contributed by atoms with Gasteiger partial charge in [-0.1, -0.05) is 19.9 Å². The number of hydrogen-bond acceptors (Lipinski definition) is 6. The number of esters is 1. The summed E-state index contributed by atoms with van der Waals surface area (Å²) < 4.78 is 4.70. The second-order valence-corrected chi connectivity index (χ2v) is 5.50. The van der Waals surface area contributed by atoms with Crippen LogP contribution < -0.4 is 10.6 Å². The Balaban J connectivity index is 2.03. The highest BCUT2D eigenvalue weighted by Gasteiger charge is 2.14. The maximum absolute atomic E-state index is 12.0. The predicted octanol–water partition coefficient (Wildman–Crippen LogP) is 3.38. The second-order valence-electron chi connectivity index (χ2n) is 5.50. The molecule has 0 spiro atoms. The van der Waals surface area contributed by atoms with Gasteiger partial charge in [0, 0.05) is 11.6 Å². The summed E-state index contributed by atoms with van der Waals surface area (Å²) in [7, 11) is 1.34. The first kappa shape index (κ1) is 18.4. The van der Waals surface area contributed by atoms with Gasteiger partial charge in [-0.15, -0.1) is 10.2 Å². The Labute approximate surface area is 146 Å². The molecule has 0 radical (unpaired) electrons. The number of hydrogen-bond donors (Lipinski definition) is 2. The number of amides is 1. The molecule has 132 valence electrons. The van der Waals surface area contributed by atoms with E-state index in [1.807, 2.05) is 13.8 Å². The molecule has 0 aliphatic carbocycles. The summed E-state index contributed by atoms with van der Waals surface area (Å²) in [6, 6.07) is 10.3. The van der Waals surface area contributed by atoms with Gasteiger partial charge in [0.1, 0.15) is 0 Å². The molecule has 25 heavy (non-hydrogen) atoms. The number of carbonyl (C=O) groups excluding carboxylic acids is 2. The predicted molar refractivity (Wildman–Crippen MR) is 95.8 cm³/mol. The van der Waals surface area contributed by atoms with Crippen molar-refractivity contribution in [2.45, 2.75) is 26.7 Å². The summed E-state index contributed by atoms with van der Waals surface area (Å²) in [6.07, 6.45) is 1.57. The van der Waals surface area contributed by atoms with Crippen molar-refractivity contribution in [2.75, 3.05) is 17.7 Å². The standard InChI is InChI=1S/C18H22N4O3/c1-4-12(5-2)17(23)20-16-10-9-15(21-22-16)19-14-8-6-7-13(11-14)18(24)25-3/h6-12H,4-5H2,1-3H3,(H,19,21)(H,20,22,23). The van der Waals surface area contributed by atoms with Crippen molar-refractivity contribution in [1.29, 1.82) is 0 Å². The number of benzene rings is 1. The van der Waals surface area contributed by atoms with Crippen LogP contribution in [0.5, 0.6) is 0 Å². The van der Waals surface area contributed by atoms with Gasteiger partial charge in [0.15, 0.2) is 11.6 Å². The van der Waals surface area contributed by atoms with Crippen molar-refractivity contribution in [3.05, 3.63) is 42.0 Å². The number of nitrogens with one attached hydrogen (secondary N) is 2. The van der Waals surface area contributed by atoms with Crippen LogP contribution in [0, 0.1) is 5.92 Å². The van der Waals surface area contributed by atoms with Crippen molar-refractivity contribution in [1.82, 2.24) is 10.2 Å². The van der Waals surface area contributed by atoms with Gasteiger partial charge in [-0.3, -0.25) is 4.79 Å². The van der Waals surface area contributed by atoms with Crippen molar-refractivity contribution >= 4 is 29.2 Å². The molecule has 0 fully saturated rings. The average molecular weight is 342 g/mol. The number of aromatic nitrogens is 2. The molecule has 0 saturated heterocycles. The van der Waals surface area contributed by atoms with Gasteiger partial charge in [0.05, 0.1) is 12.7 Å². The van der Waals surface area contributed by atoms with Gasteiger partial charge in [-0.25, -0.2) is 4.79 Å². The number of anilines is 3. The van der Waals surface area contributed by atoms with E-state index >= 15 is 0 Å². The number of nitrogens with zero attached hydrogens (tertiary/aromatic N) is 2. The zero-order valence-corrected chi connectivity index (χ0v) is 14.6. The van der Waals surface area contributed by atoms with Crippen LogP contribution in [0.3, 0.4) is 0 Å². The van der Waals surface area contributed by atoms with E-state index in [0.29, 0.717) is 22.9 Å². The normalized spacial score (nSPS) is 10.4. The van der Waals surface area contributed by atoms with Gasteiger partial charge in [-0.2, -0.15) is 0 Å². The molecule has 0 aliphatic rings. The first-order valence-corrected chi connectivity index (χ1v) is 8.17. The molecule has 0 bridgehead atoms. The molecular weight excluding hydrogens is 320 g/mol. The average Bonchev–Trinajstić information content (AvgIpc) is 2.64. The van der Waals surface area contributed by atoms with Crippen molar-refractivity contribution in [3.63, 3.8) is 0 Å². The Morgan fingerprint density at radius 3 is 2.36 bits per heavy atom. The molecule has 0 atom stereocenters. The summed E-state index contributed by atoms with van der Waals surface area (Å²) in [4.78, 5) is 23.6. The fourth-order valence-electron chi connectivity index (χ4n) is 2.34. The van der Waals surface area contributed by atoms with Gasteiger partial charge in [-0.05, 0) is 43.2 Å². The molecule has 2 rings (SSSR count). The molecule has 0 saturated carbocycles. The smallest absolute Gasteiger partial charge is 0.337 e. The van der Waals surface area contributed by atoms with Gasteiger partial charge in [0.2, 0.25) is 5.91 Å². The van der Waals surface area contributed by atoms with Gasteiger partial charge < -0.3 is 15.4 Å². The van der Waals surface area contributed by atoms with Crippen LogP contribution in [-0.4, -0.2) is 29.2 Å². The third-order valence-corrected chi connectivity index (χ3v) is 3.83. The van der Waals surface area contributed by atoms with E-state index in [2.05, 4.69) is 20.8 Å². The lowest BCUT2D eigenvalue weighted by molar-refractivity contribution is -0.120. The largest absolute Gasteiger partial charge is 0.465 e. The Morgan fingerprint density at radius 1 is 1.08 bits per heavy atom. The van der Waals surface area contributed by atoms with Crippen molar-refractivity contribution in [3.8, 4) is 0 Å². The van der Waals surface area contributed by atoms with Crippen LogP contribution in [0.25, 0.3) is 0 Å². The summed E-state index contributed by atoms with van der Waals surface area (Å²) in [5, 5.41) is 13.9. The molecule has 7 heteroatoms. The first-order valence-electron chi connectivity index (χ1n) is 8.17. The molecule has 1 amide bonds. The summed E-state index contributed by atoms with van der Waals surface area (Å²) in [5.74, 6) is 0.425. The second kappa shape index (κ2) is 8.77. The Kier molecular flexibility index (Phi) is 6.45. The molecule has 2 N–H and O–H groups in total. The highest BCUT2D eigenvalue weighted by molar-refractivity contribution is 5.92. The monoisotopic (exact) mass is 342 g/mol. The lowest BCUT2D eigenvalue weighted by Crippen LogP contribution is -2.22. The number of carbonyl (C=O) groups is 2. The SMILES string of the molecule is CCC(CC)C(=O)Nc1ccc(Nc2cccc(C(=O)OC)c2)nn1. The molecule has 2 aromatic rings. The summed E-state index contributed by atoms with van der Waals surface area (Å²) in [5.41, 5.74) is 1.13. The van der Waals surface area contributed by atoms with E-state index in [9.17, 15) is 9.59 Å². The maximum atomic E-state index is 12.0. The highest BCUT2D eigenvalue weighted by Crippen LogP contribution is 2.17. The Morgan fingerprint density at radius 2 is 1.76 bits per heavy atom. The molecule has 1 heterocycles. The molecule has 1 aromatic carbocycles. The molecule has 7 nitrogen and oxygen atoms in total. The Bertz CT molecular complexity index is 727. The van der Waals surface area contributed by atoms with Crippen LogP contribution in [0.2, 0.25) is 0 Å². The minimum Gasteiger partial charge on any atom is -0.465 e. The van der Waals surface area contributed by atoms with Gasteiger partial charge in [0.25, 0.3) is 0 Å². The van der Waals surface area contributed by atoms with E-state index in [4.69, 9.17) is 4.74 Å². The Hall–Kier alpha value is -2.96. The van der Waals surface area contributed by atoms with Crippen LogP contribution in [0.1, 0.15) is 37.0 Å². The van der Waals surface area contributed by atoms with Crippen molar-refractivity contribution < 1.29 is 14.3 Å². The number of ether oxygens (including phenoxy) is 1. The zero-order valence-electron chi connectivity index (χ0n) is 14.6. The van der Waals surface area contributed by atoms with Gasteiger partial charge >= 0.3 is 5.97 Å². The van der Waals surface area contributed by atoms with E-state index in [0.717, 1.165) is 12.8 Å². The fourth-order valence-corrected chi connectivity index (χ4v) is 2.34. The van der Waals surface area contributed by atoms with Crippen LogP contribution in [0.15, 0.2) is 36.4 Å². The number of rotatable bonds is 7. The van der Waals surface area contributed by atoms with E-state index in [1.54, 1.807) is 36.4 Å². The van der Waals surface area contributed by atoms with E-state index in [-0.39, 0.29) is 11.8 Å². The first-order chi connectivity index (χ1) is 12.1. The van der Waals surface area contributed by atoms with Crippen LogP contribution in [0.4, 0.5) is 17.3 Å². The molecule has 0 aliphatic heterocycles. The number of methoxy groups -OCH3 is 1. The topological polar surface area (TPSA) is 93.2 Å². The summed E-state index contributed by atoms with van der Waals surface area (Å²) >= 11 is 0. The zero-order chi connectivity index (χ0) is 18.2. The highest BCUT2D eigenvalue weighted by atomic mass is 16.5. The molecular formula is C18H22N4O3. The summed E-state index contributed by atoms with van der Waals surface area (Å²) in [6.45, 7) is 3.96. The third-order valence-electron chi connectivity index (χ3n) is 3.83. The third kappa shape index (κ3) is 5.00. The minimum atomic E-state index is -0.408. The lowest BCUT2D eigenvalue weighted by atomic mass is 10.0. The van der Waals surface area contributed by atoms with E-state index in [1.165, 1.54) is 7.11 Å². The lowest BCUT2D eigenvalue weighted by Gasteiger charge is -2.12. The van der Waals surface area contributed by atoms with Crippen LogP contribution >= 0.6 is 0 Å². The molecule has 0 unspecified atom stereocenters.